The van der Waals surface area contributed by atoms with Gasteiger partial charge in [-0.15, -0.1) is 0 Å². The molecule has 0 aliphatic heterocycles. The summed E-state index contributed by atoms with van der Waals surface area (Å²) in [5, 5.41) is 0. The highest BCUT2D eigenvalue weighted by molar-refractivity contribution is 4.94. The Hall–Kier alpha value is 0. The van der Waals surface area contributed by atoms with Gasteiger partial charge in [0.1, 0.15) is 0 Å². The van der Waals surface area contributed by atoms with Crippen molar-refractivity contribution >= 4 is 0 Å². The van der Waals surface area contributed by atoms with Crippen molar-refractivity contribution in [1.29, 1.82) is 0 Å². The van der Waals surface area contributed by atoms with Crippen LogP contribution in [0, 0.1) is 28.6 Å². The van der Waals surface area contributed by atoms with Gasteiger partial charge in [-0.2, -0.15) is 0 Å². The first-order valence-electron chi connectivity index (χ1n) is 6.16. The Morgan fingerprint density at radius 3 is 2.00 bits per heavy atom. The molecule has 14 heavy (non-hydrogen) atoms. The maximum absolute atomic E-state index is 2.46. The Bertz CT molecular complexity index is 198. The van der Waals surface area contributed by atoms with Crippen molar-refractivity contribution in [2.45, 2.75) is 61.3 Å². The molecule has 1 rings (SSSR count). The van der Waals surface area contributed by atoms with Crippen LogP contribution in [0.5, 0.6) is 0 Å². The highest BCUT2D eigenvalue weighted by Crippen LogP contribution is 2.53. The Morgan fingerprint density at radius 2 is 1.57 bits per heavy atom. The Balaban J connectivity index is 2.88. The van der Waals surface area contributed by atoms with E-state index in [1.54, 1.807) is 0 Å². The van der Waals surface area contributed by atoms with E-state index in [2.05, 4.69) is 48.5 Å². The quantitative estimate of drug-likeness (QED) is 0.568. The van der Waals surface area contributed by atoms with E-state index < -0.39 is 0 Å². The van der Waals surface area contributed by atoms with Crippen LogP contribution in [0.25, 0.3) is 0 Å². The van der Waals surface area contributed by atoms with Gasteiger partial charge >= 0.3 is 0 Å². The second kappa shape index (κ2) is 3.54. The summed E-state index contributed by atoms with van der Waals surface area (Å²) in [6.45, 7) is 17.0. The minimum Gasteiger partial charge on any atom is -0.0625 e. The molecule has 0 radical (unpaired) electrons. The molecular weight excluding hydrogens is 168 g/mol. The van der Waals surface area contributed by atoms with Gasteiger partial charge in [-0.1, -0.05) is 48.5 Å². The van der Waals surface area contributed by atoms with E-state index >= 15 is 0 Å². The van der Waals surface area contributed by atoms with E-state index in [-0.39, 0.29) is 0 Å². The van der Waals surface area contributed by atoms with Crippen molar-refractivity contribution in [2.24, 2.45) is 28.6 Å². The van der Waals surface area contributed by atoms with E-state index in [4.69, 9.17) is 0 Å². The van der Waals surface area contributed by atoms with E-state index in [1.807, 2.05) is 0 Å². The first-order valence-corrected chi connectivity index (χ1v) is 6.16. The third-order valence-corrected chi connectivity index (χ3v) is 4.45. The maximum atomic E-state index is 2.46. The smallest absolute Gasteiger partial charge is 0.0321 e. The van der Waals surface area contributed by atoms with Crippen molar-refractivity contribution in [3.63, 3.8) is 0 Å². The zero-order valence-corrected chi connectivity index (χ0v) is 11.1. The molecule has 1 saturated carbocycles. The molecule has 0 amide bonds. The Morgan fingerprint density at radius 1 is 1.07 bits per heavy atom. The van der Waals surface area contributed by atoms with Crippen molar-refractivity contribution in [3.05, 3.63) is 0 Å². The van der Waals surface area contributed by atoms with E-state index in [0.29, 0.717) is 10.8 Å². The molecule has 1 aliphatic carbocycles. The minimum atomic E-state index is 0.524. The molecular formula is C14H28. The zero-order chi connectivity index (χ0) is 11.1. The molecule has 2 atom stereocenters. The first-order chi connectivity index (χ1) is 6.16. The van der Waals surface area contributed by atoms with Gasteiger partial charge in [-0.05, 0) is 41.4 Å². The topological polar surface area (TPSA) is 0 Å². The van der Waals surface area contributed by atoms with Gasteiger partial charge in [0, 0.05) is 0 Å². The maximum Gasteiger partial charge on any atom is -0.0321 e. The molecule has 1 aliphatic rings. The standard InChI is InChI=1S/C14H28/c1-10(2)12-8-13(4,5)9-14(6,7)11(12)3/h10-12H,8-9H2,1-7H3. The lowest BCUT2D eigenvalue weighted by atomic mass is 9.54. The van der Waals surface area contributed by atoms with Crippen LogP contribution in [0.1, 0.15) is 61.3 Å². The van der Waals surface area contributed by atoms with Gasteiger partial charge in [0.25, 0.3) is 0 Å². The highest BCUT2D eigenvalue weighted by atomic mass is 14.5. The number of hydrogen-bond donors (Lipinski definition) is 0. The fourth-order valence-corrected chi connectivity index (χ4v) is 3.67. The Labute approximate surface area is 90.5 Å². The molecule has 0 heterocycles. The first kappa shape index (κ1) is 12.1. The summed E-state index contributed by atoms with van der Waals surface area (Å²) in [4.78, 5) is 0. The van der Waals surface area contributed by atoms with E-state index in [9.17, 15) is 0 Å². The number of hydrogen-bond acceptors (Lipinski definition) is 0. The molecule has 0 N–H and O–H groups in total. The van der Waals surface area contributed by atoms with Gasteiger partial charge < -0.3 is 0 Å². The predicted octanol–water partition coefficient (Wildman–Crippen LogP) is 4.74. The van der Waals surface area contributed by atoms with Crippen molar-refractivity contribution in [1.82, 2.24) is 0 Å². The van der Waals surface area contributed by atoms with Crippen LogP contribution in [-0.4, -0.2) is 0 Å². The molecule has 0 aromatic rings. The summed E-state index contributed by atoms with van der Waals surface area (Å²) in [6.07, 6.45) is 2.79. The molecule has 0 heteroatoms. The summed E-state index contributed by atoms with van der Waals surface area (Å²) >= 11 is 0. The largest absolute Gasteiger partial charge is 0.0625 e. The third-order valence-electron chi connectivity index (χ3n) is 4.45. The minimum absolute atomic E-state index is 0.524. The summed E-state index contributed by atoms with van der Waals surface area (Å²) in [5.41, 5.74) is 1.07. The summed E-state index contributed by atoms with van der Waals surface area (Å²) in [7, 11) is 0. The van der Waals surface area contributed by atoms with E-state index in [1.165, 1.54) is 12.8 Å². The molecule has 84 valence electrons. The summed E-state index contributed by atoms with van der Waals surface area (Å²) < 4.78 is 0. The average Bonchev–Trinajstić information content (AvgIpc) is 1.94. The fourth-order valence-electron chi connectivity index (χ4n) is 3.67. The lowest BCUT2D eigenvalue weighted by Crippen LogP contribution is -2.42. The van der Waals surface area contributed by atoms with Gasteiger partial charge in [0.05, 0.1) is 0 Å². The van der Waals surface area contributed by atoms with Gasteiger partial charge in [0.2, 0.25) is 0 Å². The average molecular weight is 196 g/mol. The normalized spacial score (nSPS) is 36.0. The SMILES string of the molecule is CC(C)C1CC(C)(C)CC(C)(C)C1C. The Kier molecular flexibility index (Phi) is 3.05. The van der Waals surface area contributed by atoms with Gasteiger partial charge in [-0.25, -0.2) is 0 Å². The molecule has 0 spiro atoms. The number of rotatable bonds is 1. The van der Waals surface area contributed by atoms with Crippen LogP contribution in [0.4, 0.5) is 0 Å². The molecule has 2 unspecified atom stereocenters. The second-order valence-corrected chi connectivity index (χ2v) is 7.23. The highest BCUT2D eigenvalue weighted by Gasteiger charge is 2.44. The molecule has 0 nitrogen and oxygen atoms in total. The molecule has 0 bridgehead atoms. The van der Waals surface area contributed by atoms with Crippen LogP contribution < -0.4 is 0 Å². The monoisotopic (exact) mass is 196 g/mol. The molecule has 0 aromatic heterocycles. The summed E-state index contributed by atoms with van der Waals surface area (Å²) in [5.74, 6) is 2.62. The van der Waals surface area contributed by atoms with Gasteiger partial charge in [-0.3, -0.25) is 0 Å². The molecule has 0 saturated heterocycles. The zero-order valence-electron chi connectivity index (χ0n) is 11.1. The van der Waals surface area contributed by atoms with Crippen molar-refractivity contribution in [3.8, 4) is 0 Å². The fraction of sp³-hybridized carbons (Fsp3) is 1.00. The van der Waals surface area contributed by atoms with Crippen LogP contribution in [-0.2, 0) is 0 Å². The second-order valence-electron chi connectivity index (χ2n) is 7.23. The van der Waals surface area contributed by atoms with Gasteiger partial charge in [0.15, 0.2) is 0 Å². The molecule has 0 aromatic carbocycles. The lowest BCUT2D eigenvalue weighted by Gasteiger charge is -2.51. The van der Waals surface area contributed by atoms with Crippen molar-refractivity contribution < 1.29 is 0 Å². The van der Waals surface area contributed by atoms with Crippen LogP contribution in [0.2, 0.25) is 0 Å². The van der Waals surface area contributed by atoms with Crippen LogP contribution in [0.15, 0.2) is 0 Å². The lowest BCUT2D eigenvalue weighted by molar-refractivity contribution is -0.0126. The van der Waals surface area contributed by atoms with Crippen LogP contribution >= 0.6 is 0 Å². The summed E-state index contributed by atoms with van der Waals surface area (Å²) in [6, 6.07) is 0. The van der Waals surface area contributed by atoms with Crippen LogP contribution in [0.3, 0.4) is 0 Å². The third kappa shape index (κ3) is 2.32. The predicted molar refractivity (Wildman–Crippen MR) is 64.3 cm³/mol. The van der Waals surface area contributed by atoms with Crippen molar-refractivity contribution in [2.75, 3.05) is 0 Å². The van der Waals surface area contributed by atoms with E-state index in [0.717, 1.165) is 17.8 Å². The molecule has 1 fully saturated rings.